The van der Waals surface area contributed by atoms with Gasteiger partial charge in [-0.2, -0.15) is 0 Å². The van der Waals surface area contributed by atoms with E-state index < -0.39 is 37.1 Å². The van der Waals surface area contributed by atoms with Crippen LogP contribution in [0.5, 0.6) is 11.5 Å². The molecule has 180 valence electrons. The van der Waals surface area contributed by atoms with Crippen LogP contribution in [0.4, 0.5) is 0 Å². The molecule has 5 nitrogen and oxygen atoms in total. The van der Waals surface area contributed by atoms with E-state index >= 15 is 0 Å². The van der Waals surface area contributed by atoms with Gasteiger partial charge in [-0.15, -0.1) is 0 Å². The lowest BCUT2D eigenvalue weighted by Gasteiger charge is -2.60. The van der Waals surface area contributed by atoms with Crippen molar-refractivity contribution in [1.29, 1.82) is 0 Å². The summed E-state index contributed by atoms with van der Waals surface area (Å²) in [6.45, 7) is -7.99. The molecule has 1 heterocycles. The molecule has 3 saturated carbocycles. The molecule has 4 fully saturated rings. The highest BCUT2D eigenvalue weighted by Gasteiger charge is 2.53. The first-order chi connectivity index (χ1) is 18.4. The van der Waals surface area contributed by atoms with Crippen molar-refractivity contribution < 1.29 is 34.4 Å². The molecular formula is C26H41BrNO4+. The zero-order valence-electron chi connectivity index (χ0n) is 27.5. The van der Waals surface area contributed by atoms with Crippen LogP contribution in [0.1, 0.15) is 56.1 Å². The summed E-state index contributed by atoms with van der Waals surface area (Å²) < 4.78 is 89.7. The Kier molecular flexibility index (Phi) is 5.09. The highest BCUT2D eigenvalue weighted by molar-refractivity contribution is 9.10. The summed E-state index contributed by atoms with van der Waals surface area (Å²) in [6, 6.07) is 3.17. The van der Waals surface area contributed by atoms with Gasteiger partial charge in [-0.1, -0.05) is 29.8 Å². The van der Waals surface area contributed by atoms with Crippen LogP contribution >= 0.6 is 15.9 Å². The van der Waals surface area contributed by atoms with Crippen molar-refractivity contribution in [3.05, 3.63) is 22.2 Å². The van der Waals surface area contributed by atoms with Gasteiger partial charge in [-0.25, -0.2) is 0 Å². The number of nitrogens with zero attached hydrogens (tertiary/aromatic N) is 1. The summed E-state index contributed by atoms with van der Waals surface area (Å²) in [7, 11) is 2.91. The van der Waals surface area contributed by atoms with Crippen molar-refractivity contribution in [2.24, 2.45) is 23.2 Å². The van der Waals surface area contributed by atoms with Crippen LogP contribution in [0, 0.1) is 23.2 Å². The molecule has 5 rings (SSSR count). The average molecular weight is 520 g/mol. The lowest BCUT2D eigenvalue weighted by atomic mass is 9.45. The fourth-order valence-corrected chi connectivity index (χ4v) is 6.16. The van der Waals surface area contributed by atoms with Gasteiger partial charge in [0.15, 0.2) is 11.5 Å². The number of quaternary nitrogens is 1. The molecule has 0 radical (unpaired) electrons. The fourth-order valence-electron chi connectivity index (χ4n) is 5.72. The number of halogens is 1. The van der Waals surface area contributed by atoms with Gasteiger partial charge in [0.1, 0.15) is 26.1 Å². The highest BCUT2D eigenvalue weighted by atomic mass is 79.9. The van der Waals surface area contributed by atoms with Crippen molar-refractivity contribution in [2.45, 2.75) is 46.1 Å². The zero-order valence-corrected chi connectivity index (χ0v) is 21.1. The van der Waals surface area contributed by atoms with E-state index in [1.165, 1.54) is 27.1 Å². The highest BCUT2D eigenvalue weighted by Crippen LogP contribution is 2.61. The molecule has 0 aromatic heterocycles. The molecule has 0 amide bonds. The third-order valence-electron chi connectivity index (χ3n) is 7.87. The molecule has 1 aromatic rings. The minimum absolute atomic E-state index is 0.0838. The van der Waals surface area contributed by atoms with Gasteiger partial charge in [0, 0.05) is 16.6 Å². The lowest BCUT2D eigenvalue weighted by Crippen LogP contribution is -2.56. The lowest BCUT2D eigenvalue weighted by molar-refractivity contribution is -0.947. The smallest absolute Gasteiger partial charge is 0.161 e. The van der Waals surface area contributed by atoms with Crippen LogP contribution < -0.4 is 9.47 Å². The van der Waals surface area contributed by atoms with Gasteiger partial charge >= 0.3 is 0 Å². The second kappa shape index (κ2) is 10.2. The molecule has 3 aliphatic carbocycles. The summed E-state index contributed by atoms with van der Waals surface area (Å²) in [5.41, 5.74) is 0.741. The molecule has 4 aliphatic rings. The third-order valence-corrected chi connectivity index (χ3v) is 8.60. The van der Waals surface area contributed by atoms with E-state index in [0.29, 0.717) is 45.4 Å². The van der Waals surface area contributed by atoms with E-state index in [0.717, 1.165) is 18.8 Å². The second-order valence-electron chi connectivity index (χ2n) is 9.78. The summed E-state index contributed by atoms with van der Waals surface area (Å²) >= 11 is 3.45. The Morgan fingerprint density at radius 3 is 2.50 bits per heavy atom. The Balaban J connectivity index is 1.62. The second-order valence-corrected chi connectivity index (χ2v) is 10.6. The van der Waals surface area contributed by atoms with Crippen molar-refractivity contribution in [1.82, 2.24) is 0 Å². The SMILES string of the molecule is [2H]C1([2H])OC([2H])([2H])C([2H])([2H])[N+](CCOCCC2CCC3CC2C3(C)C)(Cc2cc(OC)c(OC)cc2Br)C1([2H])[2H]. The van der Waals surface area contributed by atoms with Gasteiger partial charge in [0.05, 0.1) is 44.9 Å². The van der Waals surface area contributed by atoms with E-state index in [4.69, 9.17) is 29.9 Å². The molecule has 1 saturated heterocycles. The molecule has 0 spiro atoms. The Hall–Kier alpha value is -0.820. The predicted octanol–water partition coefficient (Wildman–Crippen LogP) is 5.29. The number of hydrogen-bond donors (Lipinski definition) is 0. The van der Waals surface area contributed by atoms with Gasteiger partial charge < -0.3 is 23.4 Å². The number of methoxy groups -OCH3 is 2. The first-order valence-corrected chi connectivity index (χ1v) is 12.2. The normalized spacial score (nSPS) is 38.1. The van der Waals surface area contributed by atoms with Crippen LogP contribution in [-0.4, -0.2) is 64.6 Å². The summed E-state index contributed by atoms with van der Waals surface area (Å²) in [6.07, 6.45) is 4.49. The minimum atomic E-state index is -3.14. The van der Waals surface area contributed by atoms with Crippen LogP contribution in [-0.2, 0) is 16.0 Å². The minimum Gasteiger partial charge on any atom is -0.493 e. The summed E-state index contributed by atoms with van der Waals surface area (Å²) in [4.78, 5) is 0. The fraction of sp³-hybridized carbons (Fsp3) is 0.769. The van der Waals surface area contributed by atoms with Gasteiger partial charge in [0.2, 0.25) is 0 Å². The molecular weight excluding hydrogens is 470 g/mol. The number of rotatable bonds is 10. The van der Waals surface area contributed by atoms with E-state index in [-0.39, 0.29) is 13.2 Å². The van der Waals surface area contributed by atoms with Crippen LogP contribution in [0.25, 0.3) is 0 Å². The quantitative estimate of drug-likeness (QED) is 0.311. The Bertz CT molecular complexity index is 1070. The Morgan fingerprint density at radius 2 is 1.84 bits per heavy atom. The number of fused-ring (bicyclic) bond motifs is 2. The maximum Gasteiger partial charge on any atom is 0.161 e. The summed E-state index contributed by atoms with van der Waals surface area (Å²) in [5.74, 6) is 2.73. The predicted molar refractivity (Wildman–Crippen MR) is 130 cm³/mol. The first kappa shape index (κ1) is 16.0. The van der Waals surface area contributed by atoms with Crippen molar-refractivity contribution in [3.63, 3.8) is 0 Å². The maximum absolute atomic E-state index is 8.88. The van der Waals surface area contributed by atoms with E-state index in [2.05, 4.69) is 29.8 Å². The number of ether oxygens (including phenoxy) is 4. The van der Waals surface area contributed by atoms with E-state index in [1.54, 1.807) is 12.1 Å². The number of benzene rings is 1. The van der Waals surface area contributed by atoms with Gasteiger partial charge in [0.25, 0.3) is 0 Å². The van der Waals surface area contributed by atoms with Gasteiger partial charge in [-0.3, -0.25) is 0 Å². The number of morpholine rings is 1. The van der Waals surface area contributed by atoms with Crippen molar-refractivity contribution in [2.75, 3.05) is 60.1 Å². The average Bonchev–Trinajstić information content (AvgIpc) is 2.86. The zero-order chi connectivity index (χ0) is 29.9. The van der Waals surface area contributed by atoms with Crippen molar-refractivity contribution >= 4 is 15.9 Å². The van der Waals surface area contributed by atoms with Crippen molar-refractivity contribution in [3.8, 4) is 11.5 Å². The maximum atomic E-state index is 8.88. The third kappa shape index (κ3) is 4.98. The number of hydrogen-bond acceptors (Lipinski definition) is 4. The molecule has 3 atom stereocenters. The Labute approximate surface area is 213 Å². The molecule has 32 heavy (non-hydrogen) atoms. The molecule has 3 unspecified atom stereocenters. The van der Waals surface area contributed by atoms with E-state index in [9.17, 15) is 0 Å². The molecule has 2 bridgehead atoms. The molecule has 1 aromatic carbocycles. The van der Waals surface area contributed by atoms with Gasteiger partial charge in [-0.05, 0) is 61.0 Å². The topological polar surface area (TPSA) is 36.9 Å². The van der Waals surface area contributed by atoms with Crippen LogP contribution in [0.2, 0.25) is 0 Å². The summed E-state index contributed by atoms with van der Waals surface area (Å²) in [5, 5.41) is 0. The van der Waals surface area contributed by atoms with E-state index in [1.807, 2.05) is 0 Å². The molecule has 1 aliphatic heterocycles. The monoisotopic (exact) mass is 518 g/mol. The van der Waals surface area contributed by atoms with Crippen LogP contribution in [0.3, 0.4) is 0 Å². The Morgan fingerprint density at radius 1 is 1.12 bits per heavy atom. The first-order valence-electron chi connectivity index (χ1n) is 15.4. The molecule has 0 N–H and O–H groups in total. The molecule has 6 heteroatoms. The van der Waals surface area contributed by atoms with Crippen LogP contribution in [0.15, 0.2) is 16.6 Å². The standard InChI is InChI=1S/C26H41BrNO4/c1-26(2)21-6-5-19(22(26)16-21)7-11-31-12-8-28(9-13-32-14-10-28)18-20-15-24(29-3)25(30-4)17-23(20)27/h15,17,19,21-22H,5-14,16,18H2,1-4H3/q+1/i9D2,10D2,13D2,14D2. The largest absolute Gasteiger partial charge is 0.493 e.